The molecular formula is C19H22F3N5O3S. The number of sulfonamides is 1. The van der Waals surface area contributed by atoms with Crippen LogP contribution in [0.1, 0.15) is 40.2 Å². The molecule has 8 nitrogen and oxygen atoms in total. The Labute approximate surface area is 177 Å². The van der Waals surface area contributed by atoms with Gasteiger partial charge >= 0.3 is 6.18 Å². The summed E-state index contributed by atoms with van der Waals surface area (Å²) in [6, 6.07) is 7.88. The average Bonchev–Trinajstić information content (AvgIpc) is 2.73. The minimum absolute atomic E-state index is 0.212. The fraction of sp³-hybridized carbons (Fsp3) is 0.421. The van der Waals surface area contributed by atoms with Gasteiger partial charge in [-0.25, -0.2) is 13.6 Å². The predicted molar refractivity (Wildman–Crippen MR) is 108 cm³/mol. The smallest absolute Gasteiger partial charge is 0.352 e. The van der Waals surface area contributed by atoms with Crippen molar-refractivity contribution in [1.82, 2.24) is 15.1 Å². The summed E-state index contributed by atoms with van der Waals surface area (Å²) >= 11 is 0. The molecule has 31 heavy (non-hydrogen) atoms. The number of rotatable bonds is 5. The van der Waals surface area contributed by atoms with E-state index in [1.807, 2.05) is 4.90 Å². The molecule has 2 N–H and O–H groups in total. The number of alkyl halides is 3. The lowest BCUT2D eigenvalue weighted by Crippen LogP contribution is -2.49. The SMILES string of the molecule is CCC(c1ccc(N2CCN(C(=O)c3ccccc3C(F)(F)F)CC2)nn1)S(N)(=O)=O. The van der Waals surface area contributed by atoms with Gasteiger partial charge < -0.3 is 9.80 Å². The number of piperazine rings is 1. The molecule has 0 saturated carbocycles. The highest BCUT2D eigenvalue weighted by molar-refractivity contribution is 7.89. The molecule has 1 saturated heterocycles. The van der Waals surface area contributed by atoms with Gasteiger partial charge in [0.25, 0.3) is 5.91 Å². The van der Waals surface area contributed by atoms with Crippen LogP contribution in [0.3, 0.4) is 0 Å². The number of amides is 1. The number of aromatic nitrogens is 2. The van der Waals surface area contributed by atoms with Gasteiger partial charge in [-0.1, -0.05) is 19.1 Å². The van der Waals surface area contributed by atoms with Crippen molar-refractivity contribution in [3.05, 3.63) is 53.2 Å². The van der Waals surface area contributed by atoms with Gasteiger partial charge in [0.2, 0.25) is 10.0 Å². The van der Waals surface area contributed by atoms with E-state index in [1.54, 1.807) is 13.0 Å². The van der Waals surface area contributed by atoms with Gasteiger partial charge in [-0.05, 0) is 30.7 Å². The Hall–Kier alpha value is -2.73. The zero-order valence-electron chi connectivity index (χ0n) is 16.7. The first-order valence-corrected chi connectivity index (χ1v) is 11.2. The van der Waals surface area contributed by atoms with E-state index in [2.05, 4.69) is 10.2 Å². The molecule has 0 bridgehead atoms. The van der Waals surface area contributed by atoms with Crippen molar-refractivity contribution in [3.63, 3.8) is 0 Å². The third kappa shape index (κ3) is 5.13. The van der Waals surface area contributed by atoms with E-state index in [0.29, 0.717) is 18.9 Å². The molecule has 2 heterocycles. The number of nitrogens with two attached hydrogens (primary N) is 1. The summed E-state index contributed by atoms with van der Waals surface area (Å²) in [7, 11) is -3.80. The third-order valence-electron chi connectivity index (χ3n) is 5.12. The molecule has 1 amide bonds. The molecular weight excluding hydrogens is 435 g/mol. The second-order valence-electron chi connectivity index (χ2n) is 7.12. The zero-order chi connectivity index (χ0) is 22.8. The van der Waals surface area contributed by atoms with Gasteiger partial charge in [-0.15, -0.1) is 5.10 Å². The van der Waals surface area contributed by atoms with E-state index >= 15 is 0 Å². The largest absolute Gasteiger partial charge is 0.417 e. The maximum absolute atomic E-state index is 13.2. The Balaban J connectivity index is 1.68. The molecule has 1 aliphatic rings. The average molecular weight is 457 g/mol. The van der Waals surface area contributed by atoms with Crippen molar-refractivity contribution < 1.29 is 26.4 Å². The van der Waals surface area contributed by atoms with Crippen molar-refractivity contribution in [2.75, 3.05) is 31.1 Å². The highest BCUT2D eigenvalue weighted by Crippen LogP contribution is 2.32. The molecule has 0 aliphatic carbocycles. The molecule has 1 aromatic carbocycles. The van der Waals surface area contributed by atoms with Crippen molar-refractivity contribution >= 4 is 21.7 Å². The number of hydrogen-bond acceptors (Lipinski definition) is 6. The van der Waals surface area contributed by atoms with Crippen LogP contribution in [-0.4, -0.2) is 55.6 Å². The molecule has 2 aromatic rings. The number of primary sulfonamides is 1. The number of halogens is 3. The van der Waals surface area contributed by atoms with Crippen LogP contribution >= 0.6 is 0 Å². The Morgan fingerprint density at radius 1 is 1.10 bits per heavy atom. The fourth-order valence-electron chi connectivity index (χ4n) is 3.51. The summed E-state index contributed by atoms with van der Waals surface area (Å²) < 4.78 is 62.9. The van der Waals surface area contributed by atoms with Crippen LogP contribution in [0.15, 0.2) is 36.4 Å². The van der Waals surface area contributed by atoms with Crippen LogP contribution in [0.5, 0.6) is 0 Å². The number of hydrogen-bond donors (Lipinski definition) is 1. The van der Waals surface area contributed by atoms with Crippen LogP contribution in [0.4, 0.5) is 19.0 Å². The molecule has 1 unspecified atom stereocenters. The molecule has 0 spiro atoms. The van der Waals surface area contributed by atoms with Gasteiger partial charge in [0.05, 0.1) is 16.8 Å². The topological polar surface area (TPSA) is 109 Å². The van der Waals surface area contributed by atoms with E-state index in [0.717, 1.165) is 6.07 Å². The molecule has 12 heteroatoms. The lowest BCUT2D eigenvalue weighted by atomic mass is 10.1. The maximum Gasteiger partial charge on any atom is 0.417 e. The number of benzene rings is 1. The van der Waals surface area contributed by atoms with Gasteiger partial charge in [0, 0.05) is 26.2 Å². The second-order valence-corrected chi connectivity index (χ2v) is 8.87. The first kappa shape index (κ1) is 22.9. The normalized spacial score (nSPS) is 16.3. The van der Waals surface area contributed by atoms with Crippen molar-refractivity contribution in [2.24, 2.45) is 5.14 Å². The first-order chi connectivity index (χ1) is 14.5. The van der Waals surface area contributed by atoms with Crippen LogP contribution in [0.25, 0.3) is 0 Å². The standard InChI is InChI=1S/C19H22F3N5O3S/c1-2-16(31(23,29)30)15-7-8-17(25-24-15)26-9-11-27(12-10-26)18(28)13-5-3-4-6-14(13)19(20,21)22/h3-8,16H,2,9-12H2,1H3,(H2,23,29,30). The number of nitrogens with zero attached hydrogens (tertiary/aromatic N) is 4. The van der Waals surface area contributed by atoms with Crippen LogP contribution < -0.4 is 10.0 Å². The second kappa shape index (κ2) is 8.79. The van der Waals surface area contributed by atoms with Crippen molar-refractivity contribution in [2.45, 2.75) is 24.8 Å². The fourth-order valence-corrected chi connectivity index (χ4v) is 4.44. The summed E-state index contributed by atoms with van der Waals surface area (Å²) in [6.07, 6.45) is -4.36. The van der Waals surface area contributed by atoms with Gasteiger partial charge in [0.15, 0.2) is 5.82 Å². The molecule has 1 fully saturated rings. The molecule has 0 radical (unpaired) electrons. The molecule has 3 rings (SSSR count). The van der Waals surface area contributed by atoms with Gasteiger partial charge in [-0.3, -0.25) is 4.79 Å². The predicted octanol–water partition coefficient (Wildman–Crippen LogP) is 2.20. The maximum atomic E-state index is 13.2. The molecule has 1 atom stereocenters. The van der Waals surface area contributed by atoms with Crippen LogP contribution in [0.2, 0.25) is 0 Å². The number of carbonyl (C=O) groups is 1. The lowest BCUT2D eigenvalue weighted by molar-refractivity contribution is -0.138. The molecule has 1 aliphatic heterocycles. The Kier molecular flexibility index (Phi) is 6.51. The Bertz CT molecular complexity index is 1040. The van der Waals surface area contributed by atoms with Crippen molar-refractivity contribution in [1.29, 1.82) is 0 Å². The lowest BCUT2D eigenvalue weighted by Gasteiger charge is -2.35. The monoisotopic (exact) mass is 457 g/mol. The van der Waals surface area contributed by atoms with E-state index in [1.165, 1.54) is 29.2 Å². The quantitative estimate of drug-likeness (QED) is 0.737. The van der Waals surface area contributed by atoms with E-state index < -0.39 is 32.9 Å². The number of anilines is 1. The molecule has 1 aromatic heterocycles. The number of carbonyl (C=O) groups excluding carboxylic acids is 1. The van der Waals surface area contributed by atoms with E-state index in [-0.39, 0.29) is 30.8 Å². The van der Waals surface area contributed by atoms with Crippen LogP contribution in [0, 0.1) is 0 Å². The summed E-state index contributed by atoms with van der Waals surface area (Å²) in [5.41, 5.74) is -1.09. The summed E-state index contributed by atoms with van der Waals surface area (Å²) in [5.74, 6) is -0.191. The minimum Gasteiger partial charge on any atom is -0.352 e. The minimum atomic E-state index is -4.61. The Morgan fingerprint density at radius 3 is 2.26 bits per heavy atom. The summed E-state index contributed by atoms with van der Waals surface area (Å²) in [5, 5.41) is 12.3. The van der Waals surface area contributed by atoms with Crippen LogP contribution in [-0.2, 0) is 16.2 Å². The summed E-state index contributed by atoms with van der Waals surface area (Å²) in [6.45, 7) is 2.80. The van der Waals surface area contributed by atoms with Gasteiger partial charge in [0.1, 0.15) is 5.25 Å². The van der Waals surface area contributed by atoms with E-state index in [9.17, 15) is 26.4 Å². The van der Waals surface area contributed by atoms with E-state index in [4.69, 9.17) is 5.14 Å². The highest BCUT2D eigenvalue weighted by atomic mass is 32.2. The summed E-state index contributed by atoms with van der Waals surface area (Å²) in [4.78, 5) is 15.9. The molecule has 168 valence electrons. The first-order valence-electron chi connectivity index (χ1n) is 9.58. The highest BCUT2D eigenvalue weighted by Gasteiger charge is 2.36. The third-order valence-corrected chi connectivity index (χ3v) is 6.49. The van der Waals surface area contributed by atoms with Gasteiger partial charge in [-0.2, -0.15) is 18.3 Å². The zero-order valence-corrected chi connectivity index (χ0v) is 17.5. The van der Waals surface area contributed by atoms with Crippen molar-refractivity contribution in [3.8, 4) is 0 Å². The Morgan fingerprint density at radius 2 is 1.74 bits per heavy atom.